The number of hydrogen-bond donors (Lipinski definition) is 0. The lowest BCUT2D eigenvalue weighted by Crippen LogP contribution is -1.92. The molecule has 0 radical (unpaired) electrons. The SMILES string of the molecule is Cc1sc(C)c(-p2c3ccccc3c3ccccc32)c1-c1c(C)c2ccccc2n1-p1c2ccccc2c2ccccc21. The number of rotatable bonds is 3. The van der Waals surface area contributed by atoms with E-state index in [1.54, 1.807) is 0 Å². The van der Waals surface area contributed by atoms with E-state index in [9.17, 15) is 0 Å². The van der Waals surface area contributed by atoms with Gasteiger partial charge in [0.25, 0.3) is 0 Å². The van der Waals surface area contributed by atoms with Crippen LogP contribution in [0.4, 0.5) is 0 Å². The molecular weight excluding hydrogens is 576 g/mol. The zero-order valence-electron chi connectivity index (χ0n) is 24.3. The van der Waals surface area contributed by atoms with Gasteiger partial charge in [-0.1, -0.05) is 111 Å². The number of aryl methyl sites for hydroxylation is 3. The Morgan fingerprint density at radius 2 is 0.930 bits per heavy atom. The van der Waals surface area contributed by atoms with Crippen LogP contribution in [0.5, 0.6) is 0 Å². The van der Waals surface area contributed by atoms with E-state index in [2.05, 4.69) is 146 Å². The van der Waals surface area contributed by atoms with Gasteiger partial charge in [-0.15, -0.1) is 11.3 Å². The second-order valence-electron chi connectivity index (χ2n) is 11.5. The summed E-state index contributed by atoms with van der Waals surface area (Å²) in [7, 11) is -1.48. The van der Waals surface area contributed by atoms with Crippen LogP contribution in [0.3, 0.4) is 0 Å². The van der Waals surface area contributed by atoms with Gasteiger partial charge in [0.2, 0.25) is 0 Å². The maximum atomic E-state index is 2.76. The maximum Gasteiger partial charge on any atom is 0.0623 e. The summed E-state index contributed by atoms with van der Waals surface area (Å²) in [5, 5.41) is 14.3. The summed E-state index contributed by atoms with van der Waals surface area (Å²) in [5.41, 5.74) is 5.58. The van der Waals surface area contributed by atoms with Gasteiger partial charge in [0.1, 0.15) is 0 Å². The third-order valence-corrected chi connectivity index (χ3v) is 15.6. The van der Waals surface area contributed by atoms with Crippen LogP contribution in [0.15, 0.2) is 121 Å². The molecule has 0 unspecified atom stereocenters. The number of hydrogen-bond acceptors (Lipinski definition) is 1. The van der Waals surface area contributed by atoms with Crippen molar-refractivity contribution in [1.29, 1.82) is 0 Å². The molecule has 0 saturated heterocycles. The van der Waals surface area contributed by atoms with Crippen LogP contribution in [-0.4, -0.2) is 4.34 Å². The highest BCUT2D eigenvalue weighted by Gasteiger charge is 2.28. The van der Waals surface area contributed by atoms with E-state index >= 15 is 0 Å². The Morgan fingerprint density at radius 1 is 0.488 bits per heavy atom. The monoisotopic (exact) mass is 605 g/mol. The van der Waals surface area contributed by atoms with E-state index in [0.29, 0.717) is 0 Å². The van der Waals surface area contributed by atoms with Crippen molar-refractivity contribution in [2.75, 3.05) is 0 Å². The molecule has 0 aliphatic heterocycles. The minimum absolute atomic E-state index is 0.683. The number of benzene rings is 5. The van der Waals surface area contributed by atoms with E-state index in [1.165, 1.54) is 84.8 Å². The summed E-state index contributed by atoms with van der Waals surface area (Å²) in [6.07, 6.45) is 0. The smallest absolute Gasteiger partial charge is 0.0623 e. The fourth-order valence-corrected chi connectivity index (χ4v) is 14.6. The highest BCUT2D eigenvalue weighted by molar-refractivity contribution is 7.68. The molecular formula is C39H29NP2S. The first-order valence-electron chi connectivity index (χ1n) is 14.8. The normalized spacial score (nSPS) is 12.1. The summed E-state index contributed by atoms with van der Waals surface area (Å²) < 4.78 is 2.76. The maximum absolute atomic E-state index is 2.76. The lowest BCUT2D eigenvalue weighted by Gasteiger charge is -2.16. The molecule has 0 spiro atoms. The summed E-state index contributed by atoms with van der Waals surface area (Å²) in [4.78, 5) is 2.86. The molecule has 4 heteroatoms. The molecule has 5 aromatic carbocycles. The van der Waals surface area contributed by atoms with Crippen molar-refractivity contribution < 1.29 is 0 Å². The van der Waals surface area contributed by atoms with Crippen LogP contribution in [0.1, 0.15) is 15.3 Å². The minimum atomic E-state index is -0.800. The number of para-hydroxylation sites is 1. The summed E-state index contributed by atoms with van der Waals surface area (Å²) in [6.45, 7) is 7.07. The average Bonchev–Trinajstić information content (AvgIpc) is 3.73. The molecule has 0 N–H and O–H groups in total. The molecule has 0 fully saturated rings. The summed E-state index contributed by atoms with van der Waals surface area (Å²) in [6, 6.07) is 45.5. The molecule has 4 aromatic heterocycles. The van der Waals surface area contributed by atoms with E-state index < -0.39 is 15.2 Å². The van der Waals surface area contributed by atoms with Gasteiger partial charge < -0.3 is 0 Å². The van der Waals surface area contributed by atoms with E-state index in [1.807, 2.05) is 11.3 Å². The second-order valence-corrected chi connectivity index (χ2v) is 17.0. The Hall–Kier alpha value is -4.06. The van der Waals surface area contributed by atoms with E-state index in [0.717, 1.165) is 0 Å². The molecule has 206 valence electrons. The standard InChI is InChI=1S/C39H29NP2S/c1-24-27-14-4-9-19-32(27)40(42-35-22-12-7-17-30(35)31-18-8-13-23-36(31)42)38(24)37-25(2)43-26(3)39(37)41-33-20-10-5-15-28(33)29-16-6-11-21-34(29)41/h4-23H,1-3H3. The van der Waals surface area contributed by atoms with Crippen molar-refractivity contribution in [3.05, 3.63) is 137 Å². The molecule has 0 aliphatic carbocycles. The molecule has 1 nitrogen and oxygen atoms in total. The van der Waals surface area contributed by atoms with Crippen LogP contribution >= 0.6 is 26.6 Å². The van der Waals surface area contributed by atoms with E-state index in [-0.39, 0.29) is 0 Å². The predicted molar refractivity (Wildman–Crippen MR) is 193 cm³/mol. The molecule has 0 aliphatic rings. The van der Waals surface area contributed by atoms with Crippen LogP contribution in [-0.2, 0) is 0 Å². The molecule has 0 atom stereocenters. The highest BCUT2D eigenvalue weighted by Crippen LogP contribution is 2.63. The van der Waals surface area contributed by atoms with Crippen molar-refractivity contribution in [1.82, 2.24) is 4.34 Å². The van der Waals surface area contributed by atoms with Crippen molar-refractivity contribution >= 4 is 79.5 Å². The highest BCUT2D eigenvalue weighted by atomic mass is 32.1. The Kier molecular flexibility index (Phi) is 5.60. The molecule has 0 saturated carbocycles. The number of thiophene rings is 1. The first kappa shape index (κ1) is 25.4. The Bertz CT molecular complexity index is 2450. The average molecular weight is 606 g/mol. The molecule has 0 bridgehead atoms. The van der Waals surface area contributed by atoms with Gasteiger partial charge in [-0.2, -0.15) is 0 Å². The molecule has 9 aromatic rings. The second kappa shape index (κ2) is 9.47. The van der Waals surface area contributed by atoms with Gasteiger partial charge in [-0.05, 0) is 73.8 Å². The summed E-state index contributed by atoms with van der Waals surface area (Å²) in [5.74, 6) is 0. The third-order valence-electron chi connectivity index (χ3n) is 9.13. The zero-order chi connectivity index (χ0) is 28.8. The zero-order valence-corrected chi connectivity index (χ0v) is 26.9. The van der Waals surface area contributed by atoms with Crippen molar-refractivity contribution in [3.8, 4) is 16.6 Å². The lowest BCUT2D eigenvalue weighted by atomic mass is 10.1. The predicted octanol–water partition coefficient (Wildman–Crippen LogP) is 13.2. The van der Waals surface area contributed by atoms with E-state index in [4.69, 9.17) is 0 Å². The van der Waals surface area contributed by atoms with Crippen LogP contribution in [0.2, 0.25) is 0 Å². The number of nitrogens with zero attached hydrogens (tertiary/aromatic N) is 1. The lowest BCUT2D eigenvalue weighted by molar-refractivity contribution is 1.31. The van der Waals surface area contributed by atoms with Crippen LogP contribution in [0.25, 0.3) is 69.5 Å². The quantitative estimate of drug-likeness (QED) is 0.189. The third kappa shape index (κ3) is 3.46. The Balaban J connectivity index is 1.49. The van der Waals surface area contributed by atoms with Crippen molar-refractivity contribution in [3.63, 3.8) is 0 Å². The number of fused-ring (bicyclic) bond motifs is 7. The van der Waals surface area contributed by atoms with Gasteiger partial charge >= 0.3 is 0 Å². The molecule has 43 heavy (non-hydrogen) atoms. The van der Waals surface area contributed by atoms with Gasteiger partial charge in [0, 0.05) is 46.5 Å². The van der Waals surface area contributed by atoms with Crippen molar-refractivity contribution in [2.45, 2.75) is 20.8 Å². The van der Waals surface area contributed by atoms with Gasteiger partial charge in [-0.25, -0.2) is 0 Å². The minimum Gasteiger partial charge on any atom is -0.294 e. The largest absolute Gasteiger partial charge is 0.294 e. The van der Waals surface area contributed by atoms with Gasteiger partial charge in [0.05, 0.1) is 11.2 Å². The van der Waals surface area contributed by atoms with Crippen LogP contribution < -0.4 is 0 Å². The number of aromatic nitrogens is 1. The molecule has 9 rings (SSSR count). The first-order chi connectivity index (χ1) is 21.1. The van der Waals surface area contributed by atoms with Crippen molar-refractivity contribution in [2.24, 2.45) is 0 Å². The fraction of sp³-hybridized carbons (Fsp3) is 0.0769. The first-order valence-corrected chi connectivity index (χ1v) is 18.3. The Labute approximate surface area is 256 Å². The topological polar surface area (TPSA) is 4.93 Å². The Morgan fingerprint density at radius 3 is 1.49 bits per heavy atom. The van der Waals surface area contributed by atoms with Gasteiger partial charge in [0.15, 0.2) is 0 Å². The van der Waals surface area contributed by atoms with Gasteiger partial charge in [-0.3, -0.25) is 4.34 Å². The fourth-order valence-electron chi connectivity index (χ4n) is 7.38. The summed E-state index contributed by atoms with van der Waals surface area (Å²) >= 11 is 1.98. The van der Waals surface area contributed by atoms with Crippen LogP contribution in [0, 0.1) is 20.8 Å². The molecule has 4 heterocycles. The molecule has 0 amide bonds.